The first kappa shape index (κ1) is 12.0. The number of aromatic nitrogens is 1. The van der Waals surface area contributed by atoms with Crippen molar-refractivity contribution in [3.63, 3.8) is 0 Å². The van der Waals surface area contributed by atoms with Gasteiger partial charge in [-0.1, -0.05) is 6.07 Å². The third-order valence-corrected chi connectivity index (χ3v) is 2.77. The first-order chi connectivity index (χ1) is 8.15. The predicted molar refractivity (Wildman–Crippen MR) is 61.7 cm³/mol. The van der Waals surface area contributed by atoms with Crippen LogP contribution in [0.3, 0.4) is 0 Å². The van der Waals surface area contributed by atoms with Crippen LogP contribution in [-0.4, -0.2) is 47.2 Å². The van der Waals surface area contributed by atoms with Gasteiger partial charge >= 0.3 is 5.97 Å². The summed E-state index contributed by atoms with van der Waals surface area (Å²) >= 11 is 0. The average molecular weight is 236 g/mol. The summed E-state index contributed by atoms with van der Waals surface area (Å²) in [5.41, 5.74) is 1.97. The zero-order chi connectivity index (χ0) is 12.3. The van der Waals surface area contributed by atoms with Gasteiger partial charge in [-0.3, -0.25) is 14.7 Å². The summed E-state index contributed by atoms with van der Waals surface area (Å²) in [7, 11) is 0. The lowest BCUT2D eigenvalue weighted by Crippen LogP contribution is -2.41. The fourth-order valence-corrected chi connectivity index (χ4v) is 1.89. The van der Waals surface area contributed by atoms with Gasteiger partial charge in [0.15, 0.2) is 0 Å². The van der Waals surface area contributed by atoms with E-state index in [2.05, 4.69) is 4.98 Å². The van der Waals surface area contributed by atoms with Crippen LogP contribution in [0.25, 0.3) is 0 Å². The van der Waals surface area contributed by atoms with Gasteiger partial charge in [0.1, 0.15) is 6.10 Å². The second-order valence-electron chi connectivity index (χ2n) is 4.25. The topological polar surface area (TPSA) is 62.7 Å². The molecule has 1 aliphatic heterocycles. The third kappa shape index (κ3) is 3.25. The summed E-state index contributed by atoms with van der Waals surface area (Å²) in [4.78, 5) is 16.8. The molecule has 5 heteroatoms. The Morgan fingerprint density at radius 1 is 1.65 bits per heavy atom. The van der Waals surface area contributed by atoms with Crippen LogP contribution < -0.4 is 0 Å². The maximum absolute atomic E-state index is 10.7. The predicted octanol–water partition coefficient (Wildman–Crippen LogP) is 0.848. The van der Waals surface area contributed by atoms with Crippen molar-refractivity contribution in [1.82, 2.24) is 9.88 Å². The minimum atomic E-state index is -0.803. The van der Waals surface area contributed by atoms with Gasteiger partial charge in [0.2, 0.25) is 0 Å². The van der Waals surface area contributed by atoms with Crippen molar-refractivity contribution < 1.29 is 14.6 Å². The minimum Gasteiger partial charge on any atom is -0.480 e. The molecular formula is C12H16N2O3. The average Bonchev–Trinajstić information content (AvgIpc) is 2.29. The lowest BCUT2D eigenvalue weighted by Gasteiger charge is -2.31. The fourth-order valence-electron chi connectivity index (χ4n) is 1.89. The quantitative estimate of drug-likeness (QED) is 0.843. The molecule has 2 heterocycles. The molecule has 17 heavy (non-hydrogen) atoms. The van der Waals surface area contributed by atoms with Crippen molar-refractivity contribution in [1.29, 1.82) is 0 Å². The number of morpholine rings is 1. The monoisotopic (exact) mass is 236 g/mol. The molecule has 5 nitrogen and oxygen atoms in total. The number of carboxylic acids is 1. The smallest absolute Gasteiger partial charge is 0.317 e. The van der Waals surface area contributed by atoms with E-state index in [4.69, 9.17) is 9.84 Å². The van der Waals surface area contributed by atoms with E-state index < -0.39 is 5.97 Å². The van der Waals surface area contributed by atoms with Crippen molar-refractivity contribution in [2.75, 3.05) is 26.2 Å². The molecule has 0 spiro atoms. The number of carboxylic acid groups (broad SMARTS) is 1. The molecule has 0 aromatic carbocycles. The Bertz CT molecular complexity index is 391. The van der Waals surface area contributed by atoms with Gasteiger partial charge in [-0.05, 0) is 18.6 Å². The number of rotatable bonds is 3. The Hall–Kier alpha value is -1.46. The normalized spacial score (nSPS) is 21.4. The molecule has 1 saturated heterocycles. The molecule has 1 aromatic rings. The van der Waals surface area contributed by atoms with Crippen LogP contribution in [0.4, 0.5) is 0 Å². The molecule has 1 aromatic heterocycles. The Kier molecular flexibility index (Phi) is 3.71. The van der Waals surface area contributed by atoms with Crippen molar-refractivity contribution in [3.05, 3.63) is 29.6 Å². The Labute approximate surface area is 100 Å². The van der Waals surface area contributed by atoms with Gasteiger partial charge in [-0.25, -0.2) is 0 Å². The van der Waals surface area contributed by atoms with Crippen LogP contribution in [-0.2, 0) is 9.53 Å². The second kappa shape index (κ2) is 5.25. The zero-order valence-electron chi connectivity index (χ0n) is 9.80. The van der Waals surface area contributed by atoms with E-state index in [9.17, 15) is 4.79 Å². The number of ether oxygens (including phenoxy) is 1. The Morgan fingerprint density at radius 3 is 3.12 bits per heavy atom. The molecule has 1 atom stereocenters. The molecule has 1 fully saturated rings. The molecule has 0 radical (unpaired) electrons. The van der Waals surface area contributed by atoms with Crippen molar-refractivity contribution in [2.45, 2.75) is 13.0 Å². The van der Waals surface area contributed by atoms with Crippen LogP contribution >= 0.6 is 0 Å². The number of aryl methyl sites for hydroxylation is 1. The lowest BCUT2D eigenvalue weighted by molar-refractivity contribution is -0.140. The highest BCUT2D eigenvalue weighted by atomic mass is 16.5. The van der Waals surface area contributed by atoms with Crippen molar-refractivity contribution >= 4 is 5.97 Å². The van der Waals surface area contributed by atoms with E-state index in [1.165, 1.54) is 0 Å². The fraction of sp³-hybridized carbons (Fsp3) is 0.500. The van der Waals surface area contributed by atoms with Crippen LogP contribution in [0.15, 0.2) is 18.3 Å². The van der Waals surface area contributed by atoms with E-state index in [1.807, 2.05) is 24.0 Å². The maximum atomic E-state index is 10.7. The van der Waals surface area contributed by atoms with Gasteiger partial charge < -0.3 is 9.84 Å². The summed E-state index contributed by atoms with van der Waals surface area (Å²) in [5.74, 6) is -0.803. The zero-order valence-corrected chi connectivity index (χ0v) is 9.80. The van der Waals surface area contributed by atoms with Crippen LogP contribution in [0.5, 0.6) is 0 Å². The van der Waals surface area contributed by atoms with Gasteiger partial charge in [-0.15, -0.1) is 0 Å². The number of carbonyl (C=O) groups is 1. The number of aliphatic carboxylic acids is 1. The van der Waals surface area contributed by atoms with Crippen LogP contribution in [0, 0.1) is 6.92 Å². The summed E-state index contributed by atoms with van der Waals surface area (Å²) in [6, 6.07) is 3.92. The van der Waals surface area contributed by atoms with E-state index in [-0.39, 0.29) is 12.6 Å². The highest BCUT2D eigenvalue weighted by Gasteiger charge is 2.23. The van der Waals surface area contributed by atoms with Gasteiger partial charge in [-0.2, -0.15) is 0 Å². The van der Waals surface area contributed by atoms with Gasteiger partial charge in [0, 0.05) is 19.3 Å². The number of hydrogen-bond donors (Lipinski definition) is 1. The van der Waals surface area contributed by atoms with Crippen LogP contribution in [0.1, 0.15) is 17.4 Å². The molecule has 0 aliphatic carbocycles. The van der Waals surface area contributed by atoms with E-state index in [1.54, 1.807) is 6.20 Å². The Morgan fingerprint density at radius 2 is 2.47 bits per heavy atom. The van der Waals surface area contributed by atoms with Gasteiger partial charge in [0.25, 0.3) is 0 Å². The van der Waals surface area contributed by atoms with Crippen molar-refractivity contribution in [2.24, 2.45) is 0 Å². The molecular weight excluding hydrogens is 220 g/mol. The maximum Gasteiger partial charge on any atom is 0.317 e. The molecule has 0 saturated carbocycles. The lowest BCUT2D eigenvalue weighted by atomic mass is 10.1. The summed E-state index contributed by atoms with van der Waals surface area (Å²) in [6.07, 6.45) is 1.68. The molecule has 92 valence electrons. The van der Waals surface area contributed by atoms with E-state index >= 15 is 0 Å². The number of hydrogen-bond acceptors (Lipinski definition) is 4. The SMILES string of the molecule is Cc1ccc(C2CN(CC(=O)O)CCO2)nc1. The highest BCUT2D eigenvalue weighted by molar-refractivity contribution is 5.69. The summed E-state index contributed by atoms with van der Waals surface area (Å²) in [5, 5.41) is 8.76. The Balaban J connectivity index is 2.01. The first-order valence-corrected chi connectivity index (χ1v) is 5.63. The molecule has 0 amide bonds. The third-order valence-electron chi connectivity index (χ3n) is 2.77. The first-order valence-electron chi connectivity index (χ1n) is 5.63. The highest BCUT2D eigenvalue weighted by Crippen LogP contribution is 2.20. The van der Waals surface area contributed by atoms with Gasteiger partial charge in [0.05, 0.1) is 18.8 Å². The number of nitrogens with zero attached hydrogens (tertiary/aromatic N) is 2. The molecule has 2 rings (SSSR count). The minimum absolute atomic E-state index is 0.0612. The second-order valence-corrected chi connectivity index (χ2v) is 4.25. The molecule has 0 bridgehead atoms. The molecule has 1 unspecified atom stereocenters. The standard InChI is InChI=1S/C12H16N2O3/c1-9-2-3-10(13-6-9)11-7-14(4-5-17-11)8-12(15)16/h2-3,6,11H,4-5,7-8H2,1H3,(H,15,16). The summed E-state index contributed by atoms with van der Waals surface area (Å²) < 4.78 is 5.62. The van der Waals surface area contributed by atoms with Crippen LogP contribution in [0.2, 0.25) is 0 Å². The largest absolute Gasteiger partial charge is 0.480 e. The number of pyridine rings is 1. The van der Waals surface area contributed by atoms with E-state index in [0.717, 1.165) is 11.3 Å². The summed E-state index contributed by atoms with van der Waals surface area (Å²) in [6.45, 7) is 3.84. The van der Waals surface area contributed by atoms with Crippen molar-refractivity contribution in [3.8, 4) is 0 Å². The molecule has 1 aliphatic rings. The molecule has 1 N–H and O–H groups in total. The van der Waals surface area contributed by atoms with E-state index in [0.29, 0.717) is 19.7 Å².